The lowest BCUT2D eigenvalue weighted by Crippen LogP contribution is -2.08. The van der Waals surface area contributed by atoms with Gasteiger partial charge >= 0.3 is 0 Å². The van der Waals surface area contributed by atoms with Gasteiger partial charge in [0.2, 0.25) is 0 Å². The molecule has 0 aliphatic heterocycles. The zero-order valence-electron chi connectivity index (χ0n) is 12.3. The molecular weight excluding hydrogens is 330 g/mol. The third-order valence-corrected chi connectivity index (χ3v) is 3.88. The molecule has 0 saturated heterocycles. The summed E-state index contributed by atoms with van der Waals surface area (Å²) in [7, 11) is 1.66. The molecule has 0 aliphatic carbocycles. The molecule has 0 heterocycles. The highest BCUT2D eigenvalue weighted by molar-refractivity contribution is 9.10. The Morgan fingerprint density at radius 1 is 1.14 bits per heavy atom. The lowest BCUT2D eigenvalue weighted by Gasteiger charge is -2.12. The van der Waals surface area contributed by atoms with Crippen molar-refractivity contribution >= 4 is 15.9 Å². The maximum Gasteiger partial charge on any atom is 0.125 e. The van der Waals surface area contributed by atoms with Gasteiger partial charge in [-0.2, -0.15) is 0 Å². The van der Waals surface area contributed by atoms with Crippen molar-refractivity contribution in [2.24, 2.45) is 5.73 Å². The second kappa shape index (κ2) is 7.48. The van der Waals surface area contributed by atoms with Crippen LogP contribution < -0.4 is 15.2 Å². The van der Waals surface area contributed by atoms with E-state index in [0.717, 1.165) is 33.5 Å². The molecule has 2 aromatic carbocycles. The number of nitrogens with two attached hydrogens (primary N) is 1. The molecule has 0 fully saturated rings. The van der Waals surface area contributed by atoms with E-state index in [4.69, 9.17) is 15.2 Å². The number of halogens is 1. The van der Waals surface area contributed by atoms with Gasteiger partial charge in [-0.15, -0.1) is 0 Å². The molecule has 2 aromatic rings. The highest BCUT2D eigenvalue weighted by Gasteiger charge is 2.06. The summed E-state index contributed by atoms with van der Waals surface area (Å²) in [5, 5.41) is 0. The minimum atomic E-state index is 0.0872. The Bertz CT molecular complexity index is 584. The van der Waals surface area contributed by atoms with Crippen molar-refractivity contribution in [3.63, 3.8) is 0 Å². The molecule has 0 amide bonds. The normalized spacial score (nSPS) is 12.0. The smallest absolute Gasteiger partial charge is 0.125 e. The monoisotopic (exact) mass is 349 g/mol. The third kappa shape index (κ3) is 4.22. The minimum absolute atomic E-state index is 0.0872. The number of hydrogen-bond acceptors (Lipinski definition) is 3. The first kappa shape index (κ1) is 15.9. The molecule has 0 saturated carbocycles. The third-order valence-electron chi connectivity index (χ3n) is 3.38. The summed E-state index contributed by atoms with van der Waals surface area (Å²) in [6, 6.07) is 13.9. The molecule has 3 nitrogen and oxygen atoms in total. The number of hydrogen-bond donors (Lipinski definition) is 1. The molecule has 0 aromatic heterocycles. The van der Waals surface area contributed by atoms with Crippen LogP contribution in [-0.2, 0) is 6.61 Å². The number of rotatable bonds is 6. The summed E-state index contributed by atoms with van der Waals surface area (Å²) in [6.45, 7) is 2.54. The van der Waals surface area contributed by atoms with E-state index in [9.17, 15) is 0 Å². The first-order valence-corrected chi connectivity index (χ1v) is 7.74. The summed E-state index contributed by atoms with van der Waals surface area (Å²) < 4.78 is 12.2. The van der Waals surface area contributed by atoms with Crippen molar-refractivity contribution < 1.29 is 9.47 Å². The van der Waals surface area contributed by atoms with E-state index in [1.54, 1.807) is 7.11 Å². The van der Waals surface area contributed by atoms with Gasteiger partial charge in [0.05, 0.1) is 7.11 Å². The quantitative estimate of drug-likeness (QED) is 0.837. The second-order valence-electron chi connectivity index (χ2n) is 4.83. The van der Waals surface area contributed by atoms with E-state index in [0.29, 0.717) is 6.61 Å². The van der Waals surface area contributed by atoms with Crippen molar-refractivity contribution in [3.05, 3.63) is 58.1 Å². The Labute approximate surface area is 134 Å². The number of benzene rings is 2. The molecule has 1 unspecified atom stereocenters. The lowest BCUT2D eigenvalue weighted by atomic mass is 10.1. The maximum absolute atomic E-state index is 6.00. The van der Waals surface area contributed by atoms with Gasteiger partial charge in [-0.05, 0) is 42.3 Å². The zero-order chi connectivity index (χ0) is 15.2. The molecule has 2 N–H and O–H groups in total. The van der Waals surface area contributed by atoms with Crippen LogP contribution in [0.1, 0.15) is 30.5 Å². The summed E-state index contributed by atoms with van der Waals surface area (Å²) >= 11 is 3.46. The van der Waals surface area contributed by atoms with E-state index < -0.39 is 0 Å². The second-order valence-corrected chi connectivity index (χ2v) is 5.74. The first-order valence-electron chi connectivity index (χ1n) is 6.94. The molecule has 0 spiro atoms. The van der Waals surface area contributed by atoms with Gasteiger partial charge in [0.15, 0.2) is 0 Å². The minimum Gasteiger partial charge on any atom is -0.496 e. The molecule has 0 radical (unpaired) electrons. The molecule has 1 atom stereocenters. The predicted molar refractivity (Wildman–Crippen MR) is 88.7 cm³/mol. The van der Waals surface area contributed by atoms with Crippen molar-refractivity contribution in [1.29, 1.82) is 0 Å². The molecule has 0 aliphatic rings. The van der Waals surface area contributed by atoms with Crippen LogP contribution in [0.4, 0.5) is 0 Å². The number of ether oxygens (including phenoxy) is 2. The molecular formula is C17H20BrNO2. The van der Waals surface area contributed by atoms with Crippen molar-refractivity contribution in [3.8, 4) is 11.5 Å². The Kier molecular flexibility index (Phi) is 5.65. The van der Waals surface area contributed by atoms with E-state index in [2.05, 4.69) is 22.9 Å². The van der Waals surface area contributed by atoms with Gasteiger partial charge in [-0.3, -0.25) is 0 Å². The zero-order valence-corrected chi connectivity index (χ0v) is 13.9. The fourth-order valence-corrected chi connectivity index (χ4v) is 2.48. The van der Waals surface area contributed by atoms with Crippen LogP contribution in [0.5, 0.6) is 11.5 Å². The average molecular weight is 350 g/mol. The standard InChI is InChI=1S/C17H20BrNO2/c1-3-16(19)12-4-7-15(8-5-12)21-11-13-10-14(18)6-9-17(13)20-2/h4-10,16H,3,11,19H2,1-2H3. The summed E-state index contributed by atoms with van der Waals surface area (Å²) in [4.78, 5) is 0. The van der Waals surface area contributed by atoms with Crippen LogP contribution in [0.25, 0.3) is 0 Å². The summed E-state index contributed by atoms with van der Waals surface area (Å²) in [5.41, 5.74) is 8.13. The Balaban J connectivity index is 2.04. The summed E-state index contributed by atoms with van der Waals surface area (Å²) in [6.07, 6.45) is 0.926. The van der Waals surface area contributed by atoms with Gasteiger partial charge < -0.3 is 15.2 Å². The fourth-order valence-electron chi connectivity index (χ4n) is 2.07. The molecule has 0 bridgehead atoms. The number of methoxy groups -OCH3 is 1. The highest BCUT2D eigenvalue weighted by atomic mass is 79.9. The average Bonchev–Trinajstić information content (AvgIpc) is 2.52. The van der Waals surface area contributed by atoms with Crippen LogP contribution >= 0.6 is 15.9 Å². The molecule has 2 rings (SSSR count). The van der Waals surface area contributed by atoms with Crippen LogP contribution in [0.3, 0.4) is 0 Å². The van der Waals surface area contributed by atoms with Crippen molar-refractivity contribution in [2.75, 3.05) is 7.11 Å². The van der Waals surface area contributed by atoms with Crippen LogP contribution in [0, 0.1) is 0 Å². The topological polar surface area (TPSA) is 44.5 Å². The van der Waals surface area contributed by atoms with E-state index in [-0.39, 0.29) is 6.04 Å². The Morgan fingerprint density at radius 2 is 1.86 bits per heavy atom. The SMILES string of the molecule is CCC(N)c1ccc(OCc2cc(Br)ccc2OC)cc1. The fraction of sp³-hybridized carbons (Fsp3) is 0.294. The van der Waals surface area contributed by atoms with Crippen molar-refractivity contribution in [1.82, 2.24) is 0 Å². The Morgan fingerprint density at radius 3 is 2.48 bits per heavy atom. The summed E-state index contributed by atoms with van der Waals surface area (Å²) in [5.74, 6) is 1.65. The highest BCUT2D eigenvalue weighted by Crippen LogP contribution is 2.25. The van der Waals surface area contributed by atoms with E-state index in [1.807, 2.05) is 42.5 Å². The largest absolute Gasteiger partial charge is 0.496 e. The molecule has 112 valence electrons. The van der Waals surface area contributed by atoms with Crippen molar-refractivity contribution in [2.45, 2.75) is 26.0 Å². The van der Waals surface area contributed by atoms with Gasteiger partial charge in [0, 0.05) is 16.1 Å². The lowest BCUT2D eigenvalue weighted by molar-refractivity contribution is 0.296. The maximum atomic E-state index is 6.00. The van der Waals surface area contributed by atoms with Crippen LogP contribution in [0.15, 0.2) is 46.9 Å². The van der Waals surface area contributed by atoms with E-state index >= 15 is 0 Å². The van der Waals surface area contributed by atoms with E-state index in [1.165, 1.54) is 0 Å². The van der Waals surface area contributed by atoms with Gasteiger partial charge in [0.1, 0.15) is 18.1 Å². The predicted octanol–water partition coefficient (Wildman–Crippen LogP) is 4.45. The van der Waals surface area contributed by atoms with Gasteiger partial charge in [-0.25, -0.2) is 0 Å². The van der Waals surface area contributed by atoms with Crippen LogP contribution in [-0.4, -0.2) is 7.11 Å². The molecule has 4 heteroatoms. The van der Waals surface area contributed by atoms with Crippen LogP contribution in [0.2, 0.25) is 0 Å². The van der Waals surface area contributed by atoms with Gasteiger partial charge in [0.25, 0.3) is 0 Å². The van der Waals surface area contributed by atoms with Gasteiger partial charge in [-0.1, -0.05) is 35.0 Å². The Hall–Kier alpha value is -1.52. The first-order chi connectivity index (χ1) is 10.1. The molecule has 21 heavy (non-hydrogen) atoms.